The highest BCUT2D eigenvalue weighted by molar-refractivity contribution is 6.31. The molecule has 0 aromatic heterocycles. The zero-order chi connectivity index (χ0) is 28.6. The molecule has 1 heterocycles. The van der Waals surface area contributed by atoms with Crippen molar-refractivity contribution in [2.24, 2.45) is 0 Å². The number of hydrogen-bond acceptors (Lipinski definition) is 4. The summed E-state index contributed by atoms with van der Waals surface area (Å²) in [6, 6.07) is 20.1. The first-order valence-electron chi connectivity index (χ1n) is 13.3. The number of amides is 4. The standard InChI is InChI=1S/C31H33ClN4O4/c1-4-6-17-36-28(21-11-8-7-9-12-21)26(29(37)40-5-2)27(35-31(36)39)22-13-10-14-23(18-22)33-30(38)34-24-16-15-20(3)25(32)19-24/h7-16,18-19,27H,4-6,17H2,1-3H3,(H,35,39)(H2,33,34,38). The number of unbranched alkanes of at least 4 members (excludes halogenated alkanes) is 1. The maximum Gasteiger partial charge on any atom is 0.338 e. The molecular formula is C31H33ClN4O4. The van der Waals surface area contributed by atoms with Crippen molar-refractivity contribution >= 4 is 46.7 Å². The molecule has 3 aromatic rings. The molecule has 0 saturated carbocycles. The second-order valence-electron chi connectivity index (χ2n) is 9.41. The van der Waals surface area contributed by atoms with Gasteiger partial charge in [-0.15, -0.1) is 0 Å². The molecule has 0 radical (unpaired) electrons. The molecule has 1 aliphatic heterocycles. The van der Waals surface area contributed by atoms with Crippen LogP contribution >= 0.6 is 11.6 Å². The molecule has 0 bridgehead atoms. The number of nitrogens with one attached hydrogen (secondary N) is 3. The van der Waals surface area contributed by atoms with Gasteiger partial charge in [0.1, 0.15) is 0 Å². The van der Waals surface area contributed by atoms with Gasteiger partial charge in [-0.05, 0) is 61.2 Å². The van der Waals surface area contributed by atoms with Gasteiger partial charge in [0.25, 0.3) is 0 Å². The quantitative estimate of drug-likeness (QED) is 0.242. The molecular weight excluding hydrogens is 528 g/mol. The van der Waals surface area contributed by atoms with E-state index in [9.17, 15) is 14.4 Å². The number of carbonyl (C=O) groups is 3. The molecule has 0 fully saturated rings. The van der Waals surface area contributed by atoms with Gasteiger partial charge in [0.05, 0.1) is 23.9 Å². The summed E-state index contributed by atoms with van der Waals surface area (Å²) in [5, 5.41) is 9.13. The molecule has 208 valence electrons. The third-order valence-electron chi connectivity index (χ3n) is 6.51. The Morgan fingerprint density at radius 1 is 0.975 bits per heavy atom. The van der Waals surface area contributed by atoms with E-state index < -0.39 is 18.0 Å². The lowest BCUT2D eigenvalue weighted by atomic mass is 9.91. The van der Waals surface area contributed by atoms with E-state index in [-0.39, 0.29) is 12.6 Å². The van der Waals surface area contributed by atoms with Crippen LogP contribution in [0.15, 0.2) is 78.4 Å². The molecule has 0 aliphatic carbocycles. The number of ether oxygens (including phenoxy) is 1. The molecule has 0 saturated heterocycles. The van der Waals surface area contributed by atoms with Gasteiger partial charge >= 0.3 is 18.0 Å². The van der Waals surface area contributed by atoms with Crippen LogP contribution in [0.4, 0.5) is 21.0 Å². The minimum atomic E-state index is -0.791. The monoisotopic (exact) mass is 560 g/mol. The van der Waals surface area contributed by atoms with E-state index in [1.165, 1.54) is 0 Å². The van der Waals surface area contributed by atoms with Crippen molar-refractivity contribution in [2.75, 3.05) is 23.8 Å². The Kier molecular flexibility index (Phi) is 9.45. The molecule has 40 heavy (non-hydrogen) atoms. The number of anilines is 2. The average Bonchev–Trinajstić information content (AvgIpc) is 2.94. The van der Waals surface area contributed by atoms with Crippen LogP contribution in [-0.4, -0.2) is 36.1 Å². The van der Waals surface area contributed by atoms with Crippen molar-refractivity contribution in [1.82, 2.24) is 10.2 Å². The molecule has 3 N–H and O–H groups in total. The number of carbonyl (C=O) groups excluding carboxylic acids is 3. The fourth-order valence-corrected chi connectivity index (χ4v) is 4.71. The van der Waals surface area contributed by atoms with E-state index in [1.807, 2.05) is 50.2 Å². The number of benzene rings is 3. The first-order valence-corrected chi connectivity index (χ1v) is 13.7. The Morgan fingerprint density at radius 3 is 2.38 bits per heavy atom. The van der Waals surface area contributed by atoms with Gasteiger partial charge in [0, 0.05) is 22.9 Å². The van der Waals surface area contributed by atoms with E-state index in [2.05, 4.69) is 16.0 Å². The molecule has 1 unspecified atom stereocenters. The van der Waals surface area contributed by atoms with Crippen LogP contribution in [0.3, 0.4) is 0 Å². The number of hydrogen-bond donors (Lipinski definition) is 3. The van der Waals surface area contributed by atoms with Crippen LogP contribution in [0.25, 0.3) is 5.70 Å². The van der Waals surface area contributed by atoms with E-state index in [4.69, 9.17) is 16.3 Å². The average molecular weight is 561 g/mol. The number of rotatable bonds is 9. The summed E-state index contributed by atoms with van der Waals surface area (Å²) < 4.78 is 5.49. The van der Waals surface area contributed by atoms with Gasteiger partial charge in [-0.1, -0.05) is 73.5 Å². The summed E-state index contributed by atoms with van der Waals surface area (Å²) in [6.45, 7) is 6.31. The van der Waals surface area contributed by atoms with E-state index >= 15 is 0 Å². The molecule has 9 heteroatoms. The lowest BCUT2D eigenvalue weighted by Gasteiger charge is -2.37. The molecule has 1 atom stereocenters. The maximum absolute atomic E-state index is 13.5. The highest BCUT2D eigenvalue weighted by Gasteiger charge is 2.38. The third kappa shape index (κ3) is 6.63. The minimum absolute atomic E-state index is 0.185. The van der Waals surface area contributed by atoms with Crippen molar-refractivity contribution in [1.29, 1.82) is 0 Å². The predicted molar refractivity (Wildman–Crippen MR) is 158 cm³/mol. The number of esters is 1. The molecule has 0 spiro atoms. The first kappa shape index (κ1) is 28.7. The van der Waals surface area contributed by atoms with Crippen molar-refractivity contribution in [3.8, 4) is 0 Å². The number of nitrogens with zero attached hydrogens (tertiary/aromatic N) is 1. The van der Waals surface area contributed by atoms with E-state index in [1.54, 1.807) is 48.2 Å². The molecule has 3 aromatic carbocycles. The van der Waals surface area contributed by atoms with Crippen molar-refractivity contribution in [3.63, 3.8) is 0 Å². The summed E-state index contributed by atoms with van der Waals surface area (Å²) in [5.74, 6) is -0.514. The Balaban J connectivity index is 1.71. The topological polar surface area (TPSA) is 99.8 Å². The van der Waals surface area contributed by atoms with Gasteiger partial charge < -0.3 is 20.7 Å². The van der Waals surface area contributed by atoms with Gasteiger partial charge in [0.2, 0.25) is 0 Å². The summed E-state index contributed by atoms with van der Waals surface area (Å²) in [6.07, 6.45) is 1.65. The summed E-state index contributed by atoms with van der Waals surface area (Å²) >= 11 is 6.18. The normalized spacial score (nSPS) is 14.9. The Morgan fingerprint density at radius 2 is 1.70 bits per heavy atom. The van der Waals surface area contributed by atoms with Crippen LogP contribution in [0.2, 0.25) is 5.02 Å². The predicted octanol–water partition coefficient (Wildman–Crippen LogP) is 7.13. The van der Waals surface area contributed by atoms with Crippen LogP contribution in [-0.2, 0) is 9.53 Å². The second-order valence-corrected chi connectivity index (χ2v) is 9.81. The van der Waals surface area contributed by atoms with Gasteiger partial charge in [-0.2, -0.15) is 0 Å². The lowest BCUT2D eigenvalue weighted by Crippen LogP contribution is -2.48. The van der Waals surface area contributed by atoms with Crippen LogP contribution < -0.4 is 16.0 Å². The third-order valence-corrected chi connectivity index (χ3v) is 6.92. The second kappa shape index (κ2) is 13.2. The Labute approximate surface area is 239 Å². The fourth-order valence-electron chi connectivity index (χ4n) is 4.53. The van der Waals surface area contributed by atoms with Crippen LogP contribution in [0.5, 0.6) is 0 Å². The molecule has 4 rings (SSSR count). The summed E-state index contributed by atoms with van der Waals surface area (Å²) in [4.78, 5) is 41.3. The van der Waals surface area contributed by atoms with Gasteiger partial charge in [-0.25, -0.2) is 14.4 Å². The van der Waals surface area contributed by atoms with E-state index in [0.29, 0.717) is 39.8 Å². The zero-order valence-corrected chi connectivity index (χ0v) is 23.5. The van der Waals surface area contributed by atoms with Crippen molar-refractivity contribution in [2.45, 2.75) is 39.7 Å². The maximum atomic E-state index is 13.5. The van der Waals surface area contributed by atoms with Gasteiger partial charge in [-0.3, -0.25) is 4.90 Å². The number of urea groups is 2. The highest BCUT2D eigenvalue weighted by atomic mass is 35.5. The number of aryl methyl sites for hydroxylation is 1. The summed E-state index contributed by atoms with van der Waals surface area (Å²) in [7, 11) is 0. The van der Waals surface area contributed by atoms with Crippen molar-refractivity contribution < 1.29 is 19.1 Å². The van der Waals surface area contributed by atoms with Crippen molar-refractivity contribution in [3.05, 3.63) is 100 Å². The lowest BCUT2D eigenvalue weighted by molar-refractivity contribution is -0.138. The molecule has 8 nitrogen and oxygen atoms in total. The Hall–Kier alpha value is -4.30. The molecule has 4 amide bonds. The molecule has 1 aliphatic rings. The number of halogens is 1. The van der Waals surface area contributed by atoms with Crippen LogP contribution in [0.1, 0.15) is 49.4 Å². The van der Waals surface area contributed by atoms with Gasteiger partial charge in [0.15, 0.2) is 0 Å². The van der Waals surface area contributed by atoms with Crippen LogP contribution in [0, 0.1) is 6.92 Å². The first-order chi connectivity index (χ1) is 19.3. The summed E-state index contributed by atoms with van der Waals surface area (Å²) in [5.41, 5.74) is 4.16. The highest BCUT2D eigenvalue weighted by Crippen LogP contribution is 2.37. The van der Waals surface area contributed by atoms with E-state index in [0.717, 1.165) is 24.0 Å². The smallest absolute Gasteiger partial charge is 0.338 e. The Bertz CT molecular complexity index is 1420. The zero-order valence-electron chi connectivity index (χ0n) is 22.8. The fraction of sp³-hybridized carbons (Fsp3) is 0.258. The minimum Gasteiger partial charge on any atom is -0.463 e. The SMILES string of the molecule is CCCCN1C(=O)NC(c2cccc(NC(=O)Nc3ccc(C)c(Cl)c3)c2)C(C(=O)OCC)=C1c1ccccc1. The largest absolute Gasteiger partial charge is 0.463 e.